The van der Waals surface area contributed by atoms with Gasteiger partial charge in [-0.15, -0.1) is 0 Å². The Hall–Kier alpha value is -0.570. The topological polar surface area (TPSA) is 32.9 Å². The first-order valence-electron chi connectivity index (χ1n) is 1.94. The number of thiazole rings is 1. The van der Waals surface area contributed by atoms with Gasteiger partial charge in [0.15, 0.2) is 0 Å². The maximum atomic E-state index is 10.3. The lowest BCUT2D eigenvalue weighted by Gasteiger charge is -1.63. The van der Waals surface area contributed by atoms with Gasteiger partial charge in [-0.1, -0.05) is 11.3 Å². The Bertz CT molecular complexity index is 204. The van der Waals surface area contributed by atoms with E-state index in [4.69, 9.17) is 0 Å². The quantitative estimate of drug-likeness (QED) is 0.540. The van der Waals surface area contributed by atoms with Gasteiger partial charge < -0.3 is 4.98 Å². The molecule has 0 aliphatic rings. The van der Waals surface area contributed by atoms with Crippen LogP contribution in [0.4, 0.5) is 0 Å². The minimum atomic E-state index is 0. The predicted octanol–water partition coefficient (Wildman–Crippen LogP) is 0.991. The van der Waals surface area contributed by atoms with Crippen molar-refractivity contribution < 1.29 is 1.43 Å². The third-order valence-corrected chi connectivity index (χ3v) is 1.39. The molecule has 0 radical (unpaired) electrons. The zero-order chi connectivity index (χ0) is 5.28. The van der Waals surface area contributed by atoms with Crippen LogP contribution >= 0.6 is 11.3 Å². The Morgan fingerprint density at radius 3 is 2.86 bits per heavy atom. The van der Waals surface area contributed by atoms with Crippen molar-refractivity contribution in [1.29, 1.82) is 0 Å². The van der Waals surface area contributed by atoms with Crippen molar-refractivity contribution in [2.24, 2.45) is 0 Å². The summed E-state index contributed by atoms with van der Waals surface area (Å²) in [5, 5.41) is 0. The summed E-state index contributed by atoms with van der Waals surface area (Å²) in [6.45, 7) is 1.89. The van der Waals surface area contributed by atoms with Gasteiger partial charge in [-0.25, -0.2) is 0 Å². The van der Waals surface area contributed by atoms with Crippen molar-refractivity contribution in [2.75, 3.05) is 0 Å². The Balaban J connectivity index is 0.000000490. The molecule has 0 saturated heterocycles. The standard InChI is InChI=1S/C4H5NOS.H2/c1-3-2-5-4(6)7-3;/h2H,1H3,(H,5,6);1H. The van der Waals surface area contributed by atoms with E-state index in [-0.39, 0.29) is 6.30 Å². The van der Waals surface area contributed by atoms with Gasteiger partial charge in [0.2, 0.25) is 0 Å². The Labute approximate surface area is 46.3 Å². The van der Waals surface area contributed by atoms with E-state index < -0.39 is 0 Å². The van der Waals surface area contributed by atoms with Crippen LogP contribution in [-0.2, 0) is 0 Å². The Morgan fingerprint density at radius 2 is 2.71 bits per heavy atom. The molecule has 0 aliphatic heterocycles. The number of aromatic amines is 1. The molecule has 1 heterocycles. The van der Waals surface area contributed by atoms with Crippen LogP contribution in [0.5, 0.6) is 0 Å². The summed E-state index contributed by atoms with van der Waals surface area (Å²) in [6, 6.07) is 0. The highest BCUT2D eigenvalue weighted by atomic mass is 32.1. The van der Waals surface area contributed by atoms with Gasteiger partial charge in [0.1, 0.15) is 0 Å². The minimum absolute atomic E-state index is 0. The monoisotopic (exact) mass is 117 g/mol. The van der Waals surface area contributed by atoms with E-state index >= 15 is 0 Å². The molecule has 1 rings (SSSR count). The Morgan fingerprint density at radius 1 is 2.00 bits per heavy atom. The van der Waals surface area contributed by atoms with Gasteiger partial charge in [-0.05, 0) is 6.92 Å². The minimum Gasteiger partial charge on any atom is -0.319 e. The molecular weight excluding hydrogens is 110 g/mol. The summed E-state index contributed by atoms with van der Waals surface area (Å²) < 4.78 is 0. The Kier molecular flexibility index (Phi) is 0.982. The highest BCUT2D eigenvalue weighted by molar-refractivity contribution is 7.09. The van der Waals surface area contributed by atoms with Crippen molar-refractivity contribution >= 4 is 11.3 Å². The van der Waals surface area contributed by atoms with E-state index in [1.165, 1.54) is 11.3 Å². The number of aromatic nitrogens is 1. The van der Waals surface area contributed by atoms with Crippen molar-refractivity contribution in [3.8, 4) is 0 Å². The van der Waals surface area contributed by atoms with Crippen LogP contribution < -0.4 is 4.87 Å². The second kappa shape index (κ2) is 1.50. The molecule has 0 aliphatic carbocycles. The van der Waals surface area contributed by atoms with Crippen LogP contribution in [0, 0.1) is 6.92 Å². The number of hydrogen-bond acceptors (Lipinski definition) is 2. The molecule has 1 N–H and O–H groups in total. The molecular formula is C4H7NOS. The molecule has 1 aromatic heterocycles. The molecule has 0 spiro atoms. The van der Waals surface area contributed by atoms with E-state index in [0.29, 0.717) is 0 Å². The first kappa shape index (κ1) is 4.59. The maximum absolute atomic E-state index is 10.3. The molecule has 7 heavy (non-hydrogen) atoms. The highest BCUT2D eigenvalue weighted by Gasteiger charge is 1.83. The smallest absolute Gasteiger partial charge is 0.304 e. The van der Waals surface area contributed by atoms with Gasteiger partial charge in [0.25, 0.3) is 0 Å². The molecule has 0 saturated carbocycles. The lowest BCUT2D eigenvalue weighted by atomic mass is 10.7. The summed E-state index contributed by atoms with van der Waals surface area (Å²) in [6.07, 6.45) is 1.70. The molecule has 2 nitrogen and oxygen atoms in total. The third kappa shape index (κ3) is 0.899. The van der Waals surface area contributed by atoms with Crippen molar-refractivity contribution in [3.63, 3.8) is 0 Å². The summed E-state index contributed by atoms with van der Waals surface area (Å²) >= 11 is 1.23. The summed E-state index contributed by atoms with van der Waals surface area (Å²) in [5.74, 6) is 0. The van der Waals surface area contributed by atoms with E-state index in [2.05, 4.69) is 4.98 Å². The molecule has 40 valence electrons. The van der Waals surface area contributed by atoms with Crippen molar-refractivity contribution in [2.45, 2.75) is 6.92 Å². The third-order valence-electron chi connectivity index (χ3n) is 0.647. The summed E-state index contributed by atoms with van der Waals surface area (Å²) in [5.41, 5.74) is 0. The number of aryl methyl sites for hydroxylation is 1. The fraction of sp³-hybridized carbons (Fsp3) is 0.250. The number of H-pyrrole nitrogens is 1. The van der Waals surface area contributed by atoms with Gasteiger partial charge in [0.05, 0.1) is 0 Å². The van der Waals surface area contributed by atoms with Gasteiger partial charge in [-0.3, -0.25) is 4.79 Å². The van der Waals surface area contributed by atoms with E-state index in [0.717, 1.165) is 4.88 Å². The highest BCUT2D eigenvalue weighted by Crippen LogP contribution is 1.93. The molecule has 1 aromatic rings. The summed E-state index contributed by atoms with van der Waals surface area (Å²) in [7, 11) is 0. The lowest BCUT2D eigenvalue weighted by Crippen LogP contribution is -1.88. The zero-order valence-electron chi connectivity index (χ0n) is 3.89. The fourth-order valence-electron chi connectivity index (χ4n) is 0.366. The first-order chi connectivity index (χ1) is 3.29. The van der Waals surface area contributed by atoms with Crippen LogP contribution in [0.2, 0.25) is 0 Å². The molecule has 0 aromatic carbocycles. The molecule has 0 unspecified atom stereocenters. The van der Waals surface area contributed by atoms with Gasteiger partial charge >= 0.3 is 4.87 Å². The van der Waals surface area contributed by atoms with Crippen LogP contribution in [0.3, 0.4) is 0 Å². The molecule has 0 amide bonds. The zero-order valence-corrected chi connectivity index (χ0v) is 4.71. The van der Waals surface area contributed by atoms with Crippen LogP contribution in [0.25, 0.3) is 0 Å². The van der Waals surface area contributed by atoms with E-state index in [9.17, 15) is 4.79 Å². The molecule has 0 fully saturated rings. The second-order valence-electron chi connectivity index (χ2n) is 1.29. The van der Waals surface area contributed by atoms with Gasteiger partial charge in [-0.2, -0.15) is 0 Å². The van der Waals surface area contributed by atoms with E-state index in [1.807, 2.05) is 6.92 Å². The average molecular weight is 117 g/mol. The average Bonchev–Trinajstić information content (AvgIpc) is 1.87. The second-order valence-corrected chi connectivity index (χ2v) is 2.51. The van der Waals surface area contributed by atoms with E-state index in [1.54, 1.807) is 6.20 Å². The van der Waals surface area contributed by atoms with Crippen LogP contribution in [-0.4, -0.2) is 4.98 Å². The molecule has 3 heteroatoms. The SMILES string of the molecule is Cc1c[nH]c(=O)s1.[HH]. The van der Waals surface area contributed by atoms with Gasteiger partial charge in [0, 0.05) is 12.5 Å². The largest absolute Gasteiger partial charge is 0.319 e. The number of rotatable bonds is 0. The van der Waals surface area contributed by atoms with Crippen molar-refractivity contribution in [3.05, 3.63) is 20.7 Å². The number of hydrogen-bond donors (Lipinski definition) is 1. The number of nitrogens with one attached hydrogen (secondary N) is 1. The fourth-order valence-corrected chi connectivity index (χ4v) is 0.894. The summed E-state index contributed by atoms with van der Waals surface area (Å²) in [4.78, 5) is 13.8. The first-order valence-corrected chi connectivity index (χ1v) is 2.76. The lowest BCUT2D eigenvalue weighted by molar-refractivity contribution is 1.32. The molecule has 0 bridgehead atoms. The van der Waals surface area contributed by atoms with Crippen LogP contribution in [0.15, 0.2) is 11.0 Å². The van der Waals surface area contributed by atoms with Crippen molar-refractivity contribution in [1.82, 2.24) is 4.98 Å². The maximum Gasteiger partial charge on any atom is 0.304 e. The molecule has 0 atom stereocenters. The van der Waals surface area contributed by atoms with Crippen LogP contribution in [0.1, 0.15) is 6.30 Å². The normalized spacial score (nSPS) is 9.29. The predicted molar refractivity (Wildman–Crippen MR) is 31.8 cm³/mol.